The van der Waals surface area contributed by atoms with Crippen LogP contribution in [0.4, 0.5) is 10.1 Å². The lowest BCUT2D eigenvalue weighted by Gasteiger charge is -2.11. The molecule has 0 atom stereocenters. The third-order valence-electron chi connectivity index (χ3n) is 2.99. The molecule has 2 rings (SSSR count). The number of aryl methyl sites for hydroxylation is 1. The molecule has 0 aromatic heterocycles. The maximum atomic E-state index is 13.8. The molecule has 0 heterocycles. The minimum Gasteiger partial charge on any atom is -0.447 e. The van der Waals surface area contributed by atoms with Crippen LogP contribution in [0.5, 0.6) is 11.5 Å². The molecule has 6 heteroatoms. The third kappa shape index (κ3) is 3.35. The number of rotatable bonds is 5. The van der Waals surface area contributed by atoms with Crippen molar-refractivity contribution in [2.24, 2.45) is 0 Å². The summed E-state index contributed by atoms with van der Waals surface area (Å²) >= 11 is 0. The lowest BCUT2D eigenvalue weighted by molar-refractivity contribution is -0.385. The molecule has 2 aromatic carbocycles. The van der Waals surface area contributed by atoms with E-state index in [4.69, 9.17) is 4.74 Å². The van der Waals surface area contributed by atoms with Gasteiger partial charge >= 0.3 is 5.69 Å². The van der Waals surface area contributed by atoms with Gasteiger partial charge in [0.25, 0.3) is 0 Å². The van der Waals surface area contributed by atoms with Gasteiger partial charge in [0.1, 0.15) is 5.75 Å². The van der Waals surface area contributed by atoms with Crippen LogP contribution in [0, 0.1) is 22.9 Å². The van der Waals surface area contributed by atoms with Crippen molar-refractivity contribution in [1.82, 2.24) is 5.32 Å². The highest BCUT2D eigenvalue weighted by atomic mass is 19.1. The number of para-hydroxylation sites is 1. The number of hydrogen-bond acceptors (Lipinski definition) is 4. The largest absolute Gasteiger partial charge is 0.447 e. The molecule has 0 bridgehead atoms. The SMILES string of the molecule is CNCc1ccc(C)c(Oc2c(F)cccc2[N+](=O)[O-])c1. The Labute approximate surface area is 121 Å². The molecule has 0 saturated carbocycles. The van der Waals surface area contributed by atoms with E-state index in [1.165, 1.54) is 12.1 Å². The number of nitro benzene ring substituents is 1. The highest BCUT2D eigenvalue weighted by Crippen LogP contribution is 2.35. The van der Waals surface area contributed by atoms with E-state index in [0.29, 0.717) is 12.3 Å². The van der Waals surface area contributed by atoms with Gasteiger partial charge in [-0.05, 0) is 37.2 Å². The number of nitrogens with zero attached hydrogens (tertiary/aromatic N) is 1. The van der Waals surface area contributed by atoms with Gasteiger partial charge in [-0.2, -0.15) is 0 Å². The molecular formula is C15H15FN2O3. The predicted octanol–water partition coefficient (Wildman–Crippen LogP) is 3.55. The highest BCUT2D eigenvalue weighted by Gasteiger charge is 2.20. The molecule has 5 nitrogen and oxygen atoms in total. The third-order valence-corrected chi connectivity index (χ3v) is 2.99. The Morgan fingerprint density at radius 2 is 2.10 bits per heavy atom. The molecule has 0 fully saturated rings. The maximum Gasteiger partial charge on any atom is 0.314 e. The number of ether oxygens (including phenoxy) is 1. The second-order valence-corrected chi connectivity index (χ2v) is 4.58. The minimum atomic E-state index is -0.761. The summed E-state index contributed by atoms with van der Waals surface area (Å²) in [6, 6.07) is 9.11. The zero-order valence-electron chi connectivity index (χ0n) is 11.7. The summed E-state index contributed by atoms with van der Waals surface area (Å²) < 4.78 is 19.3. The highest BCUT2D eigenvalue weighted by molar-refractivity contribution is 5.50. The average Bonchev–Trinajstić information content (AvgIpc) is 2.44. The maximum absolute atomic E-state index is 13.8. The first kappa shape index (κ1) is 14.9. The van der Waals surface area contributed by atoms with Crippen molar-refractivity contribution in [2.45, 2.75) is 13.5 Å². The van der Waals surface area contributed by atoms with Gasteiger partial charge in [-0.25, -0.2) is 4.39 Å². The second kappa shape index (κ2) is 6.32. The van der Waals surface area contributed by atoms with Gasteiger partial charge in [0.2, 0.25) is 5.75 Å². The monoisotopic (exact) mass is 290 g/mol. The number of hydrogen-bond donors (Lipinski definition) is 1. The standard InChI is InChI=1S/C15H15FN2O3/c1-10-6-7-11(9-17-2)8-14(10)21-15-12(16)4-3-5-13(15)18(19)20/h3-8,17H,9H2,1-2H3. The van der Waals surface area contributed by atoms with Crippen molar-refractivity contribution in [3.8, 4) is 11.5 Å². The van der Waals surface area contributed by atoms with Crippen molar-refractivity contribution >= 4 is 5.69 Å². The van der Waals surface area contributed by atoms with Crippen LogP contribution in [0.15, 0.2) is 36.4 Å². The summed E-state index contributed by atoms with van der Waals surface area (Å²) in [5.74, 6) is -0.731. The predicted molar refractivity (Wildman–Crippen MR) is 77.1 cm³/mol. The van der Waals surface area contributed by atoms with Crippen LogP contribution < -0.4 is 10.1 Å². The summed E-state index contributed by atoms with van der Waals surface area (Å²) in [4.78, 5) is 10.3. The van der Waals surface area contributed by atoms with E-state index >= 15 is 0 Å². The topological polar surface area (TPSA) is 64.4 Å². The van der Waals surface area contributed by atoms with Crippen LogP contribution in [-0.2, 0) is 6.54 Å². The zero-order chi connectivity index (χ0) is 15.4. The van der Waals surface area contributed by atoms with E-state index < -0.39 is 16.4 Å². The van der Waals surface area contributed by atoms with Gasteiger partial charge in [0.05, 0.1) is 4.92 Å². The van der Waals surface area contributed by atoms with Crippen LogP contribution in [0.3, 0.4) is 0 Å². The van der Waals surface area contributed by atoms with Crippen molar-refractivity contribution in [3.05, 3.63) is 63.5 Å². The Hall–Kier alpha value is -2.47. The number of nitrogens with one attached hydrogen (secondary N) is 1. The molecule has 0 unspecified atom stereocenters. The smallest absolute Gasteiger partial charge is 0.314 e. The molecule has 0 aliphatic rings. The molecule has 21 heavy (non-hydrogen) atoms. The fraction of sp³-hybridized carbons (Fsp3) is 0.200. The summed E-state index contributed by atoms with van der Waals surface area (Å²) in [5, 5.41) is 14.0. The van der Waals surface area contributed by atoms with Gasteiger partial charge in [-0.3, -0.25) is 10.1 Å². The fourth-order valence-electron chi connectivity index (χ4n) is 1.92. The van der Waals surface area contributed by atoms with Crippen LogP contribution in [-0.4, -0.2) is 12.0 Å². The van der Waals surface area contributed by atoms with Crippen LogP contribution in [0.2, 0.25) is 0 Å². The second-order valence-electron chi connectivity index (χ2n) is 4.58. The lowest BCUT2D eigenvalue weighted by Crippen LogP contribution is -2.05. The fourth-order valence-corrected chi connectivity index (χ4v) is 1.92. The van der Waals surface area contributed by atoms with E-state index in [1.807, 2.05) is 19.2 Å². The Morgan fingerprint density at radius 1 is 1.33 bits per heavy atom. The van der Waals surface area contributed by atoms with Gasteiger partial charge in [-0.15, -0.1) is 0 Å². The number of nitro groups is 1. The normalized spacial score (nSPS) is 10.4. The Bertz CT molecular complexity index is 674. The Kier molecular flexibility index (Phi) is 4.49. The van der Waals surface area contributed by atoms with Gasteiger partial charge in [0, 0.05) is 12.6 Å². The van der Waals surface area contributed by atoms with Crippen LogP contribution in [0.1, 0.15) is 11.1 Å². The molecule has 1 N–H and O–H groups in total. The van der Waals surface area contributed by atoms with E-state index in [-0.39, 0.29) is 5.75 Å². The molecular weight excluding hydrogens is 275 g/mol. The van der Waals surface area contributed by atoms with Crippen molar-refractivity contribution in [1.29, 1.82) is 0 Å². The van der Waals surface area contributed by atoms with E-state index in [2.05, 4.69) is 5.32 Å². The first-order valence-corrected chi connectivity index (χ1v) is 6.38. The quantitative estimate of drug-likeness (QED) is 0.675. The van der Waals surface area contributed by atoms with Gasteiger partial charge in [0.15, 0.2) is 5.82 Å². The van der Waals surface area contributed by atoms with Crippen molar-refractivity contribution in [3.63, 3.8) is 0 Å². The number of benzene rings is 2. The molecule has 0 amide bonds. The molecule has 0 aliphatic heterocycles. The molecule has 0 radical (unpaired) electrons. The lowest BCUT2D eigenvalue weighted by atomic mass is 10.1. The summed E-state index contributed by atoms with van der Waals surface area (Å²) in [7, 11) is 1.81. The first-order valence-electron chi connectivity index (χ1n) is 6.38. The summed E-state index contributed by atoms with van der Waals surface area (Å²) in [6.45, 7) is 2.42. The van der Waals surface area contributed by atoms with Gasteiger partial charge in [-0.1, -0.05) is 18.2 Å². The van der Waals surface area contributed by atoms with Gasteiger partial charge < -0.3 is 10.1 Å². The molecule has 2 aromatic rings. The summed E-state index contributed by atoms with van der Waals surface area (Å²) in [6.07, 6.45) is 0. The van der Waals surface area contributed by atoms with Crippen LogP contribution in [0.25, 0.3) is 0 Å². The molecule has 0 spiro atoms. The zero-order valence-corrected chi connectivity index (χ0v) is 11.7. The van der Waals surface area contributed by atoms with E-state index in [1.54, 1.807) is 13.0 Å². The molecule has 0 saturated heterocycles. The minimum absolute atomic E-state index is 0.368. The van der Waals surface area contributed by atoms with Crippen molar-refractivity contribution in [2.75, 3.05) is 7.05 Å². The van der Waals surface area contributed by atoms with Crippen LogP contribution >= 0.6 is 0 Å². The average molecular weight is 290 g/mol. The first-order chi connectivity index (χ1) is 10.0. The Balaban J connectivity index is 2.42. The number of halogens is 1. The van der Waals surface area contributed by atoms with E-state index in [0.717, 1.165) is 17.2 Å². The summed E-state index contributed by atoms with van der Waals surface area (Å²) in [5.41, 5.74) is 1.32. The van der Waals surface area contributed by atoms with Crippen molar-refractivity contribution < 1.29 is 14.1 Å². The van der Waals surface area contributed by atoms with E-state index in [9.17, 15) is 14.5 Å². The Morgan fingerprint density at radius 3 is 2.76 bits per heavy atom. The molecule has 0 aliphatic carbocycles. The molecule has 110 valence electrons.